The average molecular weight is 478 g/mol. The molecule has 0 aromatic heterocycles. The number of nitrogens with one attached hydrogen (secondary N) is 1. The Hall–Kier alpha value is -1.33. The molecule has 0 unspecified atom stereocenters. The van der Waals surface area contributed by atoms with Gasteiger partial charge in [-0.2, -0.15) is 13.2 Å². The second-order valence-electron chi connectivity index (χ2n) is 5.41. The number of aliphatic imine (C=N–C) groups is 1. The van der Waals surface area contributed by atoms with Crippen LogP contribution in [0.25, 0.3) is 0 Å². The van der Waals surface area contributed by atoms with Crippen molar-refractivity contribution in [2.75, 3.05) is 44.7 Å². The minimum Gasteiger partial charge on any atom is -0.366 e. The smallest absolute Gasteiger partial charge is 0.366 e. The van der Waals surface area contributed by atoms with E-state index < -0.39 is 24.2 Å². The molecule has 1 heterocycles. The van der Waals surface area contributed by atoms with Crippen LogP contribution in [0.15, 0.2) is 23.2 Å². The monoisotopic (exact) mass is 478 g/mol. The van der Waals surface area contributed by atoms with Crippen LogP contribution >= 0.6 is 24.0 Å². The predicted molar refractivity (Wildman–Crippen MR) is 97.6 cm³/mol. The Kier molecular flexibility index (Phi) is 8.16. The van der Waals surface area contributed by atoms with Crippen LogP contribution in [0, 0.1) is 11.6 Å². The minimum absolute atomic E-state index is 0. The van der Waals surface area contributed by atoms with Crippen molar-refractivity contribution in [2.45, 2.75) is 12.6 Å². The SMILES string of the molecule is CN=C(NCCC(F)(F)F)N1CCN(c2cc(F)ccc2F)CC1.I. The van der Waals surface area contributed by atoms with Crippen molar-refractivity contribution in [1.29, 1.82) is 0 Å². The molecule has 0 spiro atoms. The Morgan fingerprint density at radius 3 is 2.36 bits per heavy atom. The van der Waals surface area contributed by atoms with Gasteiger partial charge in [-0.25, -0.2) is 8.78 Å². The molecule has 1 aromatic rings. The Labute approximate surface area is 160 Å². The fraction of sp³-hybridized carbons (Fsp3) is 0.533. The first-order chi connectivity index (χ1) is 11.3. The molecule has 0 bridgehead atoms. The highest BCUT2D eigenvalue weighted by Crippen LogP contribution is 2.22. The first-order valence-electron chi connectivity index (χ1n) is 7.52. The molecule has 0 radical (unpaired) electrons. The zero-order valence-electron chi connectivity index (χ0n) is 13.6. The fourth-order valence-corrected chi connectivity index (χ4v) is 2.54. The summed E-state index contributed by atoms with van der Waals surface area (Å²) in [6.45, 7) is 1.47. The van der Waals surface area contributed by atoms with Crippen molar-refractivity contribution in [2.24, 2.45) is 4.99 Å². The van der Waals surface area contributed by atoms with Crippen LogP contribution < -0.4 is 10.2 Å². The molecule has 0 amide bonds. The van der Waals surface area contributed by atoms with E-state index in [4.69, 9.17) is 0 Å². The van der Waals surface area contributed by atoms with Crippen LogP contribution in [0.4, 0.5) is 27.6 Å². The zero-order valence-corrected chi connectivity index (χ0v) is 15.9. The zero-order chi connectivity index (χ0) is 17.7. The molecule has 10 heteroatoms. The van der Waals surface area contributed by atoms with Crippen molar-refractivity contribution in [3.8, 4) is 0 Å². The highest BCUT2D eigenvalue weighted by molar-refractivity contribution is 14.0. The number of guanidine groups is 1. The quantitative estimate of drug-likeness (QED) is 0.314. The molecule has 1 aromatic carbocycles. The topological polar surface area (TPSA) is 30.9 Å². The fourth-order valence-electron chi connectivity index (χ4n) is 2.54. The van der Waals surface area contributed by atoms with Gasteiger partial charge in [-0.3, -0.25) is 4.99 Å². The maximum atomic E-state index is 13.8. The third-order valence-corrected chi connectivity index (χ3v) is 3.73. The van der Waals surface area contributed by atoms with Crippen LogP contribution in [-0.2, 0) is 0 Å². The average Bonchev–Trinajstić information content (AvgIpc) is 2.53. The van der Waals surface area contributed by atoms with Crippen LogP contribution in [-0.4, -0.2) is 56.8 Å². The maximum Gasteiger partial charge on any atom is 0.390 e. The molecule has 142 valence electrons. The van der Waals surface area contributed by atoms with E-state index in [-0.39, 0.29) is 36.2 Å². The summed E-state index contributed by atoms with van der Waals surface area (Å²) in [5.41, 5.74) is 0.190. The first kappa shape index (κ1) is 21.7. The van der Waals surface area contributed by atoms with Gasteiger partial charge < -0.3 is 15.1 Å². The van der Waals surface area contributed by atoms with Gasteiger partial charge in [-0.05, 0) is 12.1 Å². The summed E-state index contributed by atoms with van der Waals surface area (Å²) >= 11 is 0. The molecule has 2 rings (SSSR count). The van der Waals surface area contributed by atoms with E-state index in [2.05, 4.69) is 10.3 Å². The molecule has 1 N–H and O–H groups in total. The number of alkyl halides is 3. The summed E-state index contributed by atoms with van der Waals surface area (Å²) < 4.78 is 63.6. The number of hydrogen-bond donors (Lipinski definition) is 1. The van der Waals surface area contributed by atoms with Gasteiger partial charge >= 0.3 is 6.18 Å². The molecule has 1 saturated heterocycles. The Morgan fingerprint density at radius 2 is 1.80 bits per heavy atom. The van der Waals surface area contributed by atoms with Gasteiger partial charge in [-0.15, -0.1) is 24.0 Å². The molecule has 25 heavy (non-hydrogen) atoms. The predicted octanol–water partition coefficient (Wildman–Crippen LogP) is 3.23. The van der Waals surface area contributed by atoms with Gasteiger partial charge in [-0.1, -0.05) is 0 Å². The van der Waals surface area contributed by atoms with Crippen molar-refractivity contribution in [1.82, 2.24) is 10.2 Å². The number of anilines is 1. The third-order valence-electron chi connectivity index (χ3n) is 3.73. The van der Waals surface area contributed by atoms with Crippen molar-refractivity contribution in [3.63, 3.8) is 0 Å². The lowest BCUT2D eigenvalue weighted by Gasteiger charge is -2.37. The largest absolute Gasteiger partial charge is 0.390 e. The van der Waals surface area contributed by atoms with Gasteiger partial charge in [0.25, 0.3) is 0 Å². The van der Waals surface area contributed by atoms with Crippen LogP contribution in [0.1, 0.15) is 6.42 Å². The lowest BCUT2D eigenvalue weighted by atomic mass is 10.2. The lowest BCUT2D eigenvalue weighted by molar-refractivity contribution is -0.132. The van der Waals surface area contributed by atoms with Gasteiger partial charge in [0.1, 0.15) is 11.6 Å². The number of nitrogens with zero attached hydrogens (tertiary/aromatic N) is 3. The number of halogens is 6. The van der Waals surface area contributed by atoms with Gasteiger partial charge in [0.15, 0.2) is 5.96 Å². The van der Waals surface area contributed by atoms with Crippen molar-refractivity contribution in [3.05, 3.63) is 29.8 Å². The van der Waals surface area contributed by atoms with E-state index >= 15 is 0 Å². The van der Waals surface area contributed by atoms with E-state index in [1.807, 2.05) is 0 Å². The molecule has 0 atom stereocenters. The van der Waals surface area contributed by atoms with Crippen LogP contribution in [0.3, 0.4) is 0 Å². The Balaban J connectivity index is 0.00000312. The molecular weight excluding hydrogens is 458 g/mol. The van der Waals surface area contributed by atoms with Gasteiger partial charge in [0.05, 0.1) is 12.1 Å². The van der Waals surface area contributed by atoms with Crippen LogP contribution in [0.5, 0.6) is 0 Å². The van der Waals surface area contributed by atoms with E-state index in [9.17, 15) is 22.0 Å². The normalized spacial score (nSPS) is 15.8. The molecule has 4 nitrogen and oxygen atoms in total. The molecular formula is C15H20F5IN4. The van der Waals surface area contributed by atoms with Crippen LogP contribution in [0.2, 0.25) is 0 Å². The molecule has 1 fully saturated rings. The second kappa shape index (κ2) is 9.39. The molecule has 0 aliphatic carbocycles. The number of piperazine rings is 1. The van der Waals surface area contributed by atoms with E-state index in [1.165, 1.54) is 7.05 Å². The summed E-state index contributed by atoms with van der Waals surface area (Å²) in [7, 11) is 1.49. The second-order valence-corrected chi connectivity index (χ2v) is 5.41. The molecule has 1 aliphatic rings. The summed E-state index contributed by atoms with van der Waals surface area (Å²) in [6, 6.07) is 3.28. The summed E-state index contributed by atoms with van der Waals surface area (Å²) in [5.74, 6) is -0.644. The first-order valence-corrected chi connectivity index (χ1v) is 7.52. The Morgan fingerprint density at radius 1 is 1.16 bits per heavy atom. The van der Waals surface area contributed by atoms with E-state index in [0.29, 0.717) is 32.1 Å². The molecule has 0 saturated carbocycles. The summed E-state index contributed by atoms with van der Waals surface area (Å²) in [5, 5.41) is 2.67. The van der Waals surface area contributed by atoms with Crippen molar-refractivity contribution < 1.29 is 22.0 Å². The number of hydrogen-bond acceptors (Lipinski definition) is 2. The number of benzene rings is 1. The highest BCUT2D eigenvalue weighted by Gasteiger charge is 2.27. The van der Waals surface area contributed by atoms with E-state index in [0.717, 1.165) is 18.2 Å². The number of rotatable bonds is 3. The van der Waals surface area contributed by atoms with Gasteiger partial charge in [0, 0.05) is 45.8 Å². The van der Waals surface area contributed by atoms with E-state index in [1.54, 1.807) is 9.80 Å². The standard InChI is InChI=1S/C15H19F5N4.HI/c1-21-14(22-5-4-15(18,19)20)24-8-6-23(7-9-24)13-10-11(16)2-3-12(13)17;/h2-3,10H,4-9H2,1H3,(H,21,22);1H. The summed E-state index contributed by atoms with van der Waals surface area (Å²) in [6.07, 6.45) is -5.17. The lowest BCUT2D eigenvalue weighted by Crippen LogP contribution is -2.53. The minimum atomic E-state index is -4.22. The van der Waals surface area contributed by atoms with Gasteiger partial charge in [0.2, 0.25) is 0 Å². The third kappa shape index (κ3) is 6.48. The maximum absolute atomic E-state index is 13.8. The van der Waals surface area contributed by atoms with Crippen molar-refractivity contribution >= 4 is 35.6 Å². The summed E-state index contributed by atoms with van der Waals surface area (Å²) in [4.78, 5) is 7.47. The Bertz CT molecular complexity index is 586. The molecule has 1 aliphatic heterocycles. The highest BCUT2D eigenvalue weighted by atomic mass is 127.